The maximum Gasteiger partial charge on any atom is 0.239 e. The monoisotopic (exact) mass is 283 g/mol. The van der Waals surface area contributed by atoms with Gasteiger partial charge in [0.1, 0.15) is 0 Å². The van der Waals surface area contributed by atoms with Crippen molar-refractivity contribution in [3.63, 3.8) is 0 Å². The van der Waals surface area contributed by atoms with Crippen molar-refractivity contribution in [1.29, 1.82) is 0 Å². The van der Waals surface area contributed by atoms with Gasteiger partial charge in [-0.05, 0) is 32.4 Å². The zero-order valence-electron chi connectivity index (χ0n) is 13.0. The van der Waals surface area contributed by atoms with Crippen molar-refractivity contribution in [1.82, 2.24) is 20.9 Å². The molecule has 1 aliphatic heterocycles. The first kappa shape index (κ1) is 16.8. The normalized spacial score (nSPS) is 19.9. The molecule has 0 aromatic rings. The highest BCUT2D eigenvalue weighted by molar-refractivity contribution is 5.86. The molecule has 6 nitrogen and oxygen atoms in total. The van der Waals surface area contributed by atoms with Gasteiger partial charge in [0.05, 0.1) is 6.54 Å². The lowest BCUT2D eigenvalue weighted by atomic mass is 10.2. The highest BCUT2D eigenvalue weighted by Crippen LogP contribution is 2.15. The van der Waals surface area contributed by atoms with Gasteiger partial charge in [-0.2, -0.15) is 0 Å². The van der Waals surface area contributed by atoms with Crippen LogP contribution in [0.15, 0.2) is 4.99 Å². The smallest absolute Gasteiger partial charge is 0.239 e. The van der Waals surface area contributed by atoms with Crippen LogP contribution in [0.1, 0.15) is 33.1 Å². The van der Waals surface area contributed by atoms with Gasteiger partial charge >= 0.3 is 0 Å². The number of likely N-dealkylation sites (tertiary alicyclic amines) is 1. The molecular weight excluding hydrogens is 254 g/mol. The van der Waals surface area contributed by atoms with Crippen molar-refractivity contribution in [3.05, 3.63) is 0 Å². The van der Waals surface area contributed by atoms with Crippen LogP contribution < -0.4 is 16.0 Å². The van der Waals surface area contributed by atoms with Gasteiger partial charge in [-0.3, -0.25) is 14.7 Å². The van der Waals surface area contributed by atoms with E-state index >= 15 is 0 Å². The maximum absolute atomic E-state index is 11.5. The fraction of sp³-hybridized carbons (Fsp3) is 0.857. The molecule has 6 heteroatoms. The topological polar surface area (TPSA) is 68.8 Å². The number of hydrogen-bond acceptors (Lipinski definition) is 3. The summed E-state index contributed by atoms with van der Waals surface area (Å²) >= 11 is 0. The first-order chi connectivity index (χ1) is 9.71. The summed E-state index contributed by atoms with van der Waals surface area (Å²) in [6.07, 6.45) is 3.45. The van der Waals surface area contributed by atoms with E-state index in [1.54, 1.807) is 7.05 Å². The zero-order chi connectivity index (χ0) is 14.8. The molecule has 0 radical (unpaired) electrons. The molecule has 1 fully saturated rings. The van der Waals surface area contributed by atoms with Gasteiger partial charge in [0, 0.05) is 26.2 Å². The van der Waals surface area contributed by atoms with E-state index in [4.69, 9.17) is 0 Å². The Morgan fingerprint density at radius 2 is 2.10 bits per heavy atom. The summed E-state index contributed by atoms with van der Waals surface area (Å²) in [7, 11) is 1.73. The fourth-order valence-electron chi connectivity index (χ4n) is 2.47. The van der Waals surface area contributed by atoms with Gasteiger partial charge in [-0.15, -0.1) is 0 Å². The van der Waals surface area contributed by atoms with Crippen LogP contribution in [0.4, 0.5) is 0 Å². The molecule has 1 atom stereocenters. The molecule has 1 heterocycles. The fourth-order valence-corrected chi connectivity index (χ4v) is 2.47. The van der Waals surface area contributed by atoms with Crippen molar-refractivity contribution < 1.29 is 4.79 Å². The lowest BCUT2D eigenvalue weighted by molar-refractivity contribution is -0.120. The van der Waals surface area contributed by atoms with Crippen LogP contribution in [0.2, 0.25) is 0 Å². The molecule has 116 valence electrons. The Labute approximate surface area is 122 Å². The summed E-state index contributed by atoms with van der Waals surface area (Å²) in [4.78, 5) is 18.1. The number of carbonyl (C=O) groups is 1. The Morgan fingerprint density at radius 1 is 1.30 bits per heavy atom. The van der Waals surface area contributed by atoms with E-state index < -0.39 is 0 Å². The number of rotatable bonds is 7. The second-order valence-electron chi connectivity index (χ2n) is 5.08. The van der Waals surface area contributed by atoms with Crippen LogP contribution in [0, 0.1) is 0 Å². The van der Waals surface area contributed by atoms with Gasteiger partial charge in [0.25, 0.3) is 0 Å². The minimum atomic E-state index is 0.00542. The van der Waals surface area contributed by atoms with Gasteiger partial charge < -0.3 is 16.0 Å². The molecule has 0 spiro atoms. The van der Waals surface area contributed by atoms with Crippen LogP contribution in [0.3, 0.4) is 0 Å². The number of guanidine groups is 1. The Balaban J connectivity index is 2.24. The van der Waals surface area contributed by atoms with Crippen molar-refractivity contribution in [2.75, 3.05) is 39.8 Å². The number of hydrogen-bond donors (Lipinski definition) is 3. The summed E-state index contributed by atoms with van der Waals surface area (Å²) in [5.41, 5.74) is 0. The number of nitrogens with zero attached hydrogens (tertiary/aromatic N) is 2. The van der Waals surface area contributed by atoms with E-state index in [1.165, 1.54) is 19.4 Å². The Kier molecular flexibility index (Phi) is 8.02. The number of nitrogens with one attached hydrogen (secondary N) is 3. The molecule has 20 heavy (non-hydrogen) atoms. The summed E-state index contributed by atoms with van der Waals surface area (Å²) in [6.45, 7) is 8.39. The quantitative estimate of drug-likeness (QED) is 0.460. The number of likely N-dealkylation sites (N-methyl/N-ethyl adjacent to an activating group) is 1. The van der Waals surface area contributed by atoms with E-state index in [0.29, 0.717) is 12.0 Å². The molecule has 0 aromatic heterocycles. The molecule has 1 amide bonds. The maximum atomic E-state index is 11.5. The lowest BCUT2D eigenvalue weighted by Gasteiger charge is -2.23. The Morgan fingerprint density at radius 3 is 2.75 bits per heavy atom. The molecule has 0 saturated carbocycles. The third kappa shape index (κ3) is 5.77. The number of aliphatic imine (C=N–C) groups is 1. The average molecular weight is 283 g/mol. The van der Waals surface area contributed by atoms with Crippen LogP contribution in [-0.2, 0) is 4.79 Å². The summed E-state index contributed by atoms with van der Waals surface area (Å²) in [6, 6.07) is 0.576. The summed E-state index contributed by atoms with van der Waals surface area (Å²) < 4.78 is 0. The lowest BCUT2D eigenvalue weighted by Crippen LogP contribution is -2.47. The van der Waals surface area contributed by atoms with Crippen LogP contribution in [0.25, 0.3) is 0 Å². The summed E-state index contributed by atoms with van der Waals surface area (Å²) in [5.74, 6) is 0.699. The molecule has 0 aliphatic carbocycles. The second kappa shape index (κ2) is 9.58. The van der Waals surface area contributed by atoms with Gasteiger partial charge in [0.2, 0.25) is 5.91 Å². The number of carbonyl (C=O) groups excluding carboxylic acids is 1. The van der Waals surface area contributed by atoms with E-state index in [2.05, 4.69) is 32.8 Å². The standard InChI is InChI=1S/C14H29N5O/c1-4-8-16-13(20)11-18-14(15-3)17-10-12-7-6-9-19(12)5-2/h12H,4-11H2,1-3H3,(H,16,20)(H2,15,17,18). The van der Waals surface area contributed by atoms with Crippen LogP contribution >= 0.6 is 0 Å². The van der Waals surface area contributed by atoms with Gasteiger partial charge in [0.15, 0.2) is 5.96 Å². The van der Waals surface area contributed by atoms with Crippen LogP contribution in [-0.4, -0.2) is 62.6 Å². The predicted molar refractivity (Wildman–Crippen MR) is 82.9 cm³/mol. The van der Waals surface area contributed by atoms with E-state index in [1.807, 2.05) is 6.92 Å². The van der Waals surface area contributed by atoms with Crippen molar-refractivity contribution in [2.45, 2.75) is 39.2 Å². The molecule has 0 aromatic carbocycles. The zero-order valence-corrected chi connectivity index (χ0v) is 13.0. The Bertz CT molecular complexity index is 319. The first-order valence-electron chi connectivity index (χ1n) is 7.66. The molecule has 3 N–H and O–H groups in total. The van der Waals surface area contributed by atoms with E-state index in [-0.39, 0.29) is 12.5 Å². The van der Waals surface area contributed by atoms with Crippen molar-refractivity contribution in [3.8, 4) is 0 Å². The van der Waals surface area contributed by atoms with Crippen molar-refractivity contribution >= 4 is 11.9 Å². The third-order valence-corrected chi connectivity index (χ3v) is 3.62. The largest absolute Gasteiger partial charge is 0.355 e. The van der Waals surface area contributed by atoms with Crippen LogP contribution in [0.5, 0.6) is 0 Å². The van der Waals surface area contributed by atoms with E-state index in [0.717, 1.165) is 26.1 Å². The molecule has 1 aliphatic rings. The minimum absolute atomic E-state index is 0.00542. The molecule has 1 rings (SSSR count). The number of amides is 1. The minimum Gasteiger partial charge on any atom is -0.355 e. The second-order valence-corrected chi connectivity index (χ2v) is 5.08. The predicted octanol–water partition coefficient (Wildman–Crippen LogP) is 0.162. The molecule has 1 unspecified atom stereocenters. The highest BCUT2D eigenvalue weighted by Gasteiger charge is 2.22. The average Bonchev–Trinajstić information content (AvgIpc) is 2.92. The molecule has 1 saturated heterocycles. The van der Waals surface area contributed by atoms with Gasteiger partial charge in [-0.25, -0.2) is 0 Å². The third-order valence-electron chi connectivity index (χ3n) is 3.62. The van der Waals surface area contributed by atoms with Crippen molar-refractivity contribution in [2.24, 2.45) is 4.99 Å². The first-order valence-corrected chi connectivity index (χ1v) is 7.66. The van der Waals surface area contributed by atoms with E-state index in [9.17, 15) is 4.79 Å². The Hall–Kier alpha value is -1.30. The summed E-state index contributed by atoms with van der Waals surface area (Å²) in [5, 5.41) is 9.18. The molecular formula is C14H29N5O. The molecule has 0 bridgehead atoms. The SMILES string of the molecule is CCCNC(=O)CNC(=NC)NCC1CCCN1CC. The van der Waals surface area contributed by atoms with Gasteiger partial charge in [-0.1, -0.05) is 13.8 Å². The highest BCUT2D eigenvalue weighted by atomic mass is 16.1.